The third-order valence-electron chi connectivity index (χ3n) is 4.46. The van der Waals surface area contributed by atoms with Crippen molar-refractivity contribution < 1.29 is 4.79 Å². The third-order valence-corrected chi connectivity index (χ3v) is 5.28. The Morgan fingerprint density at radius 3 is 2.71 bits per heavy atom. The molecule has 0 saturated carbocycles. The minimum atomic E-state index is 0.0328. The molecular weight excluding hydrogens is 320 g/mol. The Hall–Kier alpha value is -2.47. The SMILES string of the molecule is O=C(Nc1nsc2ccccc12)C1CCN(c2ccccn2)CC1. The maximum Gasteiger partial charge on any atom is 0.228 e. The molecule has 1 aromatic carbocycles. The second-order valence-electron chi connectivity index (χ2n) is 5.97. The molecule has 3 heterocycles. The van der Waals surface area contributed by atoms with Crippen molar-refractivity contribution in [3.8, 4) is 0 Å². The van der Waals surface area contributed by atoms with Crippen molar-refractivity contribution in [2.24, 2.45) is 5.92 Å². The highest BCUT2D eigenvalue weighted by atomic mass is 32.1. The number of anilines is 2. The first-order chi connectivity index (χ1) is 11.8. The van der Waals surface area contributed by atoms with Gasteiger partial charge in [-0.3, -0.25) is 4.79 Å². The first-order valence-corrected chi connectivity index (χ1v) is 8.90. The van der Waals surface area contributed by atoms with E-state index >= 15 is 0 Å². The van der Waals surface area contributed by atoms with Gasteiger partial charge in [-0.1, -0.05) is 18.2 Å². The molecule has 0 atom stereocenters. The molecule has 0 spiro atoms. The highest BCUT2D eigenvalue weighted by Crippen LogP contribution is 2.28. The fourth-order valence-corrected chi connectivity index (χ4v) is 3.84. The van der Waals surface area contributed by atoms with Crippen molar-refractivity contribution in [1.29, 1.82) is 0 Å². The van der Waals surface area contributed by atoms with Gasteiger partial charge in [-0.2, -0.15) is 4.37 Å². The smallest absolute Gasteiger partial charge is 0.228 e. The standard InChI is InChI=1S/C18H18N4OS/c23-18(20-17-14-5-1-2-6-15(14)24-21-17)13-8-11-22(12-9-13)16-7-3-4-10-19-16/h1-7,10,13H,8-9,11-12H2,(H,20,21,23). The number of benzene rings is 1. The van der Waals surface area contributed by atoms with Crippen molar-refractivity contribution in [2.75, 3.05) is 23.3 Å². The summed E-state index contributed by atoms with van der Waals surface area (Å²) in [7, 11) is 0. The van der Waals surface area contributed by atoms with Crippen LogP contribution >= 0.6 is 11.5 Å². The van der Waals surface area contributed by atoms with Crippen molar-refractivity contribution in [2.45, 2.75) is 12.8 Å². The van der Waals surface area contributed by atoms with Gasteiger partial charge in [0.15, 0.2) is 5.82 Å². The van der Waals surface area contributed by atoms with Gasteiger partial charge < -0.3 is 10.2 Å². The number of aromatic nitrogens is 2. The average Bonchev–Trinajstić information content (AvgIpc) is 3.06. The topological polar surface area (TPSA) is 58.1 Å². The van der Waals surface area contributed by atoms with E-state index in [-0.39, 0.29) is 11.8 Å². The van der Waals surface area contributed by atoms with Crippen LogP contribution in [0.15, 0.2) is 48.7 Å². The molecule has 0 unspecified atom stereocenters. The molecule has 0 aliphatic carbocycles. The van der Waals surface area contributed by atoms with Crippen molar-refractivity contribution >= 4 is 39.2 Å². The molecule has 3 aromatic rings. The maximum atomic E-state index is 12.6. The Kier molecular flexibility index (Phi) is 4.13. The summed E-state index contributed by atoms with van der Waals surface area (Å²) in [6.45, 7) is 1.71. The number of fused-ring (bicyclic) bond motifs is 1. The predicted molar refractivity (Wildman–Crippen MR) is 97.4 cm³/mol. The fourth-order valence-electron chi connectivity index (χ4n) is 3.11. The zero-order valence-electron chi connectivity index (χ0n) is 13.2. The minimum absolute atomic E-state index is 0.0328. The Labute approximate surface area is 144 Å². The van der Waals surface area contributed by atoms with Crippen LogP contribution in [0.4, 0.5) is 11.6 Å². The van der Waals surface area contributed by atoms with Gasteiger partial charge in [0.2, 0.25) is 5.91 Å². The van der Waals surface area contributed by atoms with Gasteiger partial charge in [-0.25, -0.2) is 4.98 Å². The van der Waals surface area contributed by atoms with Crippen molar-refractivity contribution in [3.63, 3.8) is 0 Å². The highest BCUT2D eigenvalue weighted by molar-refractivity contribution is 7.13. The molecule has 5 nitrogen and oxygen atoms in total. The Balaban J connectivity index is 1.40. The molecule has 6 heteroatoms. The van der Waals surface area contributed by atoms with Gasteiger partial charge in [-0.15, -0.1) is 0 Å². The van der Waals surface area contributed by atoms with Gasteiger partial charge in [0.25, 0.3) is 0 Å². The van der Waals surface area contributed by atoms with Gasteiger partial charge in [-0.05, 0) is 48.6 Å². The van der Waals surface area contributed by atoms with Crippen LogP contribution in [0.2, 0.25) is 0 Å². The third kappa shape index (κ3) is 2.97. The van der Waals surface area contributed by atoms with Crippen molar-refractivity contribution in [3.05, 3.63) is 48.7 Å². The van der Waals surface area contributed by atoms with E-state index in [0.29, 0.717) is 5.82 Å². The maximum absolute atomic E-state index is 12.6. The predicted octanol–water partition coefficient (Wildman–Crippen LogP) is 3.55. The molecule has 1 saturated heterocycles. The molecule has 4 rings (SSSR count). The van der Waals surface area contributed by atoms with Crippen LogP contribution in [0.25, 0.3) is 10.1 Å². The second-order valence-corrected chi connectivity index (χ2v) is 6.77. The molecule has 0 bridgehead atoms. The van der Waals surface area contributed by atoms with E-state index in [1.807, 2.05) is 48.7 Å². The summed E-state index contributed by atoms with van der Waals surface area (Å²) in [4.78, 5) is 19.2. The lowest BCUT2D eigenvalue weighted by Crippen LogP contribution is -2.38. The van der Waals surface area contributed by atoms with E-state index in [4.69, 9.17) is 0 Å². The number of hydrogen-bond acceptors (Lipinski definition) is 5. The van der Waals surface area contributed by atoms with E-state index in [1.54, 1.807) is 0 Å². The van der Waals surface area contributed by atoms with E-state index in [1.165, 1.54) is 11.5 Å². The van der Waals surface area contributed by atoms with Crippen molar-refractivity contribution in [1.82, 2.24) is 9.36 Å². The molecule has 24 heavy (non-hydrogen) atoms. The summed E-state index contributed by atoms with van der Waals surface area (Å²) in [5, 5.41) is 4.03. The molecule has 1 N–H and O–H groups in total. The summed E-state index contributed by atoms with van der Waals surface area (Å²) >= 11 is 1.42. The first-order valence-electron chi connectivity index (χ1n) is 8.12. The summed E-state index contributed by atoms with van der Waals surface area (Å²) < 4.78 is 5.48. The Morgan fingerprint density at radius 2 is 1.92 bits per heavy atom. The normalized spacial score (nSPS) is 15.6. The molecule has 1 amide bonds. The lowest BCUT2D eigenvalue weighted by Gasteiger charge is -2.31. The Morgan fingerprint density at radius 1 is 1.12 bits per heavy atom. The quantitative estimate of drug-likeness (QED) is 0.793. The van der Waals surface area contributed by atoms with Crippen LogP contribution in [0.1, 0.15) is 12.8 Å². The minimum Gasteiger partial charge on any atom is -0.357 e. The van der Waals surface area contributed by atoms with Gasteiger partial charge >= 0.3 is 0 Å². The molecule has 2 aromatic heterocycles. The van der Waals surface area contributed by atoms with Gasteiger partial charge in [0.05, 0.1) is 4.70 Å². The molecular formula is C18H18N4OS. The van der Waals surface area contributed by atoms with Crippen LogP contribution in [0.5, 0.6) is 0 Å². The Bertz CT molecular complexity index is 840. The number of nitrogens with zero attached hydrogens (tertiary/aromatic N) is 3. The zero-order chi connectivity index (χ0) is 16.4. The highest BCUT2D eigenvalue weighted by Gasteiger charge is 2.26. The van der Waals surface area contributed by atoms with E-state index in [9.17, 15) is 4.79 Å². The molecule has 122 valence electrons. The number of piperidine rings is 1. The average molecular weight is 338 g/mol. The fraction of sp³-hybridized carbons (Fsp3) is 0.278. The monoisotopic (exact) mass is 338 g/mol. The summed E-state index contributed by atoms with van der Waals surface area (Å²) in [5.74, 6) is 1.78. The number of pyridine rings is 1. The van der Waals surface area contributed by atoms with Crippen LogP contribution in [-0.4, -0.2) is 28.4 Å². The van der Waals surface area contributed by atoms with E-state index < -0.39 is 0 Å². The summed E-state index contributed by atoms with van der Waals surface area (Å²) in [6, 6.07) is 13.9. The summed E-state index contributed by atoms with van der Waals surface area (Å²) in [5.41, 5.74) is 0. The number of carbonyl (C=O) groups excluding carboxylic acids is 1. The lowest BCUT2D eigenvalue weighted by molar-refractivity contribution is -0.120. The van der Waals surface area contributed by atoms with E-state index in [0.717, 1.165) is 41.8 Å². The molecule has 1 aliphatic heterocycles. The van der Waals surface area contributed by atoms with Crippen LogP contribution in [-0.2, 0) is 4.79 Å². The lowest BCUT2D eigenvalue weighted by atomic mass is 9.96. The van der Waals surface area contributed by atoms with Crippen LogP contribution in [0.3, 0.4) is 0 Å². The number of hydrogen-bond donors (Lipinski definition) is 1. The van der Waals surface area contributed by atoms with Gasteiger partial charge in [0, 0.05) is 30.6 Å². The number of amides is 1. The number of carbonyl (C=O) groups is 1. The number of nitrogens with one attached hydrogen (secondary N) is 1. The molecule has 1 aliphatic rings. The van der Waals surface area contributed by atoms with E-state index in [2.05, 4.69) is 19.6 Å². The number of rotatable bonds is 3. The van der Waals surface area contributed by atoms with Gasteiger partial charge in [0.1, 0.15) is 5.82 Å². The first kappa shape index (κ1) is 15.1. The largest absolute Gasteiger partial charge is 0.357 e. The summed E-state index contributed by atoms with van der Waals surface area (Å²) in [6.07, 6.45) is 3.48. The molecule has 0 radical (unpaired) electrons. The van der Waals surface area contributed by atoms with Crippen LogP contribution in [0, 0.1) is 5.92 Å². The second kappa shape index (κ2) is 6.57. The zero-order valence-corrected chi connectivity index (χ0v) is 14.0. The molecule has 1 fully saturated rings. The van der Waals surface area contributed by atoms with Crippen LogP contribution < -0.4 is 10.2 Å².